The van der Waals surface area contributed by atoms with Crippen LogP contribution in [0.4, 0.5) is 10.5 Å². The summed E-state index contributed by atoms with van der Waals surface area (Å²) in [4.78, 5) is 31.9. The Kier molecular flexibility index (Phi) is 6.86. The third-order valence-electron chi connectivity index (χ3n) is 5.26. The fraction of sp³-hybridized carbons (Fsp3) is 0.632. The fourth-order valence-corrected chi connectivity index (χ4v) is 3.61. The molecule has 2 aliphatic rings. The first-order valence-electron chi connectivity index (χ1n) is 9.54. The Bertz CT molecular complexity index is 611. The monoisotopic (exact) mass is 376 g/mol. The molecular weight excluding hydrogens is 348 g/mol. The minimum atomic E-state index is -0.351. The summed E-state index contributed by atoms with van der Waals surface area (Å²) in [5.74, 6) is -0.351. The molecule has 0 atom stereocenters. The Morgan fingerprint density at radius 3 is 2.41 bits per heavy atom. The van der Waals surface area contributed by atoms with Gasteiger partial charge in [-0.25, -0.2) is 9.59 Å². The summed E-state index contributed by atoms with van der Waals surface area (Å²) in [5, 5.41) is 3.15. The molecule has 2 amide bonds. The molecule has 8 nitrogen and oxygen atoms in total. The normalized spacial score (nSPS) is 23.0. The Morgan fingerprint density at radius 1 is 1.11 bits per heavy atom. The van der Waals surface area contributed by atoms with E-state index in [2.05, 4.69) is 19.9 Å². The number of urea groups is 1. The van der Waals surface area contributed by atoms with Crippen LogP contribution < -0.4 is 10.2 Å². The number of ether oxygens (including phenoxy) is 2. The van der Waals surface area contributed by atoms with E-state index < -0.39 is 0 Å². The third kappa shape index (κ3) is 5.56. The van der Waals surface area contributed by atoms with E-state index >= 15 is 0 Å². The molecule has 0 aromatic carbocycles. The standard InChI is InChI=1S/C19H28N4O4/c1-26-18(24)14-27-17-4-2-15(3-5-17)21-19(25)23-12-10-22(11-13-23)16-6-8-20-9-7-16/h6-9,15,17H,2-5,10-14H2,1H3,(H,21,25). The highest BCUT2D eigenvalue weighted by Crippen LogP contribution is 2.22. The number of carbonyl (C=O) groups excluding carboxylic acids is 2. The first kappa shape index (κ1) is 19.4. The zero-order valence-electron chi connectivity index (χ0n) is 15.8. The number of aromatic nitrogens is 1. The van der Waals surface area contributed by atoms with Crippen LogP contribution in [0.3, 0.4) is 0 Å². The first-order valence-corrected chi connectivity index (χ1v) is 9.54. The molecule has 0 bridgehead atoms. The van der Waals surface area contributed by atoms with Crippen molar-refractivity contribution in [1.29, 1.82) is 0 Å². The van der Waals surface area contributed by atoms with Crippen molar-refractivity contribution in [2.45, 2.75) is 37.8 Å². The molecule has 1 saturated carbocycles. The van der Waals surface area contributed by atoms with Gasteiger partial charge < -0.3 is 24.6 Å². The number of nitrogens with one attached hydrogen (secondary N) is 1. The number of pyridine rings is 1. The second-order valence-electron chi connectivity index (χ2n) is 6.99. The van der Waals surface area contributed by atoms with Gasteiger partial charge >= 0.3 is 12.0 Å². The molecule has 0 spiro atoms. The van der Waals surface area contributed by atoms with Crippen molar-refractivity contribution < 1.29 is 19.1 Å². The lowest BCUT2D eigenvalue weighted by Gasteiger charge is -2.37. The molecule has 1 aromatic heterocycles. The Hall–Kier alpha value is -2.35. The number of hydrogen-bond donors (Lipinski definition) is 1. The van der Waals surface area contributed by atoms with Crippen LogP contribution in [0.25, 0.3) is 0 Å². The summed E-state index contributed by atoms with van der Waals surface area (Å²) in [5.41, 5.74) is 1.15. The molecule has 148 valence electrons. The SMILES string of the molecule is COC(=O)COC1CCC(NC(=O)N2CCN(c3ccncc3)CC2)CC1. The van der Waals surface area contributed by atoms with Gasteiger partial charge in [-0.3, -0.25) is 4.98 Å². The van der Waals surface area contributed by atoms with Crippen molar-refractivity contribution in [3.63, 3.8) is 0 Å². The van der Waals surface area contributed by atoms with Gasteiger partial charge in [0.05, 0.1) is 13.2 Å². The van der Waals surface area contributed by atoms with Crippen LogP contribution >= 0.6 is 0 Å². The fourth-order valence-electron chi connectivity index (χ4n) is 3.61. The van der Waals surface area contributed by atoms with E-state index in [9.17, 15) is 9.59 Å². The minimum absolute atomic E-state index is 0.0000525. The van der Waals surface area contributed by atoms with Crippen molar-refractivity contribution >= 4 is 17.7 Å². The maximum Gasteiger partial charge on any atom is 0.331 e. The summed E-state index contributed by atoms with van der Waals surface area (Å²) in [6.07, 6.45) is 7.08. The zero-order valence-corrected chi connectivity index (χ0v) is 15.8. The lowest BCUT2D eigenvalue weighted by molar-refractivity contribution is -0.148. The van der Waals surface area contributed by atoms with E-state index in [1.165, 1.54) is 7.11 Å². The Balaban J connectivity index is 1.36. The van der Waals surface area contributed by atoms with Gasteiger partial charge in [0.25, 0.3) is 0 Å². The molecule has 3 rings (SSSR count). The van der Waals surface area contributed by atoms with E-state index in [0.717, 1.165) is 44.5 Å². The molecule has 27 heavy (non-hydrogen) atoms. The molecule has 1 N–H and O–H groups in total. The smallest absolute Gasteiger partial charge is 0.331 e. The molecule has 1 aromatic rings. The molecule has 2 heterocycles. The molecule has 1 saturated heterocycles. The minimum Gasteiger partial charge on any atom is -0.467 e. The van der Waals surface area contributed by atoms with Gasteiger partial charge in [-0.2, -0.15) is 0 Å². The third-order valence-corrected chi connectivity index (χ3v) is 5.26. The molecular formula is C19H28N4O4. The molecule has 0 radical (unpaired) electrons. The average Bonchev–Trinajstić information content (AvgIpc) is 2.73. The summed E-state index contributed by atoms with van der Waals surface area (Å²) in [6.45, 7) is 3.08. The number of carbonyl (C=O) groups is 2. The zero-order chi connectivity index (χ0) is 19.1. The van der Waals surface area contributed by atoms with E-state index in [1.54, 1.807) is 12.4 Å². The van der Waals surface area contributed by atoms with Gasteiger partial charge in [0.15, 0.2) is 0 Å². The Labute approximate surface area is 159 Å². The summed E-state index contributed by atoms with van der Waals surface area (Å²) < 4.78 is 10.1. The van der Waals surface area contributed by atoms with Crippen LogP contribution in [0.15, 0.2) is 24.5 Å². The number of rotatable bonds is 5. The number of methoxy groups -OCH3 is 1. The highest BCUT2D eigenvalue weighted by atomic mass is 16.6. The van der Waals surface area contributed by atoms with Crippen molar-refractivity contribution in [1.82, 2.24) is 15.2 Å². The van der Waals surface area contributed by atoms with Crippen LogP contribution in [-0.2, 0) is 14.3 Å². The predicted octanol–water partition coefficient (Wildman–Crippen LogP) is 1.41. The van der Waals surface area contributed by atoms with Crippen LogP contribution in [0, 0.1) is 0 Å². The summed E-state index contributed by atoms with van der Waals surface area (Å²) in [7, 11) is 1.36. The maximum atomic E-state index is 12.5. The highest BCUT2D eigenvalue weighted by Gasteiger charge is 2.27. The number of esters is 1. The van der Waals surface area contributed by atoms with E-state index in [-0.39, 0.29) is 30.8 Å². The second-order valence-corrected chi connectivity index (χ2v) is 6.99. The highest BCUT2D eigenvalue weighted by molar-refractivity contribution is 5.75. The van der Waals surface area contributed by atoms with E-state index in [0.29, 0.717) is 13.1 Å². The lowest BCUT2D eigenvalue weighted by atomic mass is 9.93. The maximum absolute atomic E-state index is 12.5. The van der Waals surface area contributed by atoms with Crippen LogP contribution in [0.5, 0.6) is 0 Å². The van der Waals surface area contributed by atoms with Crippen molar-refractivity contribution in [2.75, 3.05) is 44.8 Å². The van der Waals surface area contributed by atoms with Crippen LogP contribution in [0.2, 0.25) is 0 Å². The van der Waals surface area contributed by atoms with E-state index in [1.807, 2.05) is 17.0 Å². The number of anilines is 1. The Morgan fingerprint density at radius 2 is 1.78 bits per heavy atom. The van der Waals surface area contributed by atoms with Crippen LogP contribution in [0.1, 0.15) is 25.7 Å². The van der Waals surface area contributed by atoms with Crippen molar-refractivity contribution in [3.05, 3.63) is 24.5 Å². The van der Waals surface area contributed by atoms with Gasteiger partial charge in [-0.1, -0.05) is 0 Å². The molecule has 1 aliphatic carbocycles. The van der Waals surface area contributed by atoms with Crippen LogP contribution in [-0.4, -0.2) is 73.9 Å². The molecule has 1 aliphatic heterocycles. The molecule has 2 fully saturated rings. The summed E-state index contributed by atoms with van der Waals surface area (Å²) >= 11 is 0. The number of hydrogen-bond acceptors (Lipinski definition) is 6. The van der Waals surface area contributed by atoms with Gasteiger partial charge in [-0.15, -0.1) is 0 Å². The molecule has 8 heteroatoms. The largest absolute Gasteiger partial charge is 0.467 e. The predicted molar refractivity (Wildman–Crippen MR) is 101 cm³/mol. The number of nitrogens with zero attached hydrogens (tertiary/aromatic N) is 3. The second kappa shape index (κ2) is 9.55. The van der Waals surface area contributed by atoms with E-state index in [4.69, 9.17) is 4.74 Å². The van der Waals surface area contributed by atoms with Gasteiger partial charge in [0.2, 0.25) is 0 Å². The number of piperazine rings is 1. The first-order chi connectivity index (χ1) is 13.2. The molecule has 0 unspecified atom stereocenters. The van der Waals surface area contributed by atoms with Gasteiger partial charge in [0, 0.05) is 50.3 Å². The quantitative estimate of drug-likeness (QED) is 0.783. The van der Waals surface area contributed by atoms with Gasteiger partial charge in [0.1, 0.15) is 6.61 Å². The van der Waals surface area contributed by atoms with Crippen molar-refractivity contribution in [3.8, 4) is 0 Å². The lowest BCUT2D eigenvalue weighted by Crippen LogP contribution is -2.54. The number of amides is 2. The van der Waals surface area contributed by atoms with Crippen molar-refractivity contribution in [2.24, 2.45) is 0 Å². The topological polar surface area (TPSA) is 84.0 Å². The summed E-state index contributed by atoms with van der Waals surface area (Å²) in [6, 6.07) is 4.18. The average molecular weight is 376 g/mol. The van der Waals surface area contributed by atoms with Gasteiger partial charge in [-0.05, 0) is 37.8 Å².